The molecule has 4 aromatic rings. The zero-order valence-electron chi connectivity index (χ0n) is 22.5. The third-order valence-electron chi connectivity index (χ3n) is 8.56. The van der Waals surface area contributed by atoms with Crippen LogP contribution in [0.5, 0.6) is 6.01 Å². The number of benzene rings is 2. The van der Waals surface area contributed by atoms with Gasteiger partial charge >= 0.3 is 6.01 Å². The van der Waals surface area contributed by atoms with E-state index in [4.69, 9.17) is 22.1 Å². The summed E-state index contributed by atoms with van der Waals surface area (Å²) in [6.07, 6.45) is 4.03. The number of rotatable bonds is 5. The highest BCUT2D eigenvalue weighted by molar-refractivity contribution is 7.22. The van der Waals surface area contributed by atoms with Crippen molar-refractivity contribution in [3.63, 3.8) is 0 Å². The predicted molar refractivity (Wildman–Crippen MR) is 156 cm³/mol. The minimum Gasteiger partial charge on any atom is -0.461 e. The maximum Gasteiger partial charge on any atom is 0.319 e. The Balaban J connectivity index is 1.40. The van der Waals surface area contributed by atoms with Crippen LogP contribution in [0.25, 0.3) is 32.2 Å². The van der Waals surface area contributed by atoms with Gasteiger partial charge in [0.05, 0.1) is 33.9 Å². The average Bonchev–Trinajstić information content (AvgIpc) is 3.60. The van der Waals surface area contributed by atoms with Crippen LogP contribution >= 0.6 is 22.9 Å². The number of alkyl halides is 2. The molecular formula is C28H28ClF4N7OS. The van der Waals surface area contributed by atoms with Crippen LogP contribution in [0, 0.1) is 11.6 Å². The van der Waals surface area contributed by atoms with Crippen LogP contribution in [0.4, 0.5) is 28.5 Å². The molecule has 3 fully saturated rings. The molecule has 0 aliphatic carbocycles. The highest BCUT2D eigenvalue weighted by atomic mass is 35.5. The van der Waals surface area contributed by atoms with Crippen molar-refractivity contribution in [2.24, 2.45) is 0 Å². The van der Waals surface area contributed by atoms with Crippen molar-refractivity contribution in [1.82, 2.24) is 25.2 Å². The molecule has 0 amide bonds. The lowest BCUT2D eigenvalue weighted by Gasteiger charge is -2.31. The van der Waals surface area contributed by atoms with Gasteiger partial charge in [-0.25, -0.2) is 22.5 Å². The summed E-state index contributed by atoms with van der Waals surface area (Å²) in [6, 6.07) is 3.99. The predicted octanol–water partition coefficient (Wildman–Crippen LogP) is 5.47. The number of thiazole rings is 1. The minimum absolute atomic E-state index is 0.0782. The Bertz CT molecular complexity index is 1690. The molecule has 3 aliphatic heterocycles. The third-order valence-corrected chi connectivity index (χ3v) is 9.71. The summed E-state index contributed by atoms with van der Waals surface area (Å²) in [7, 11) is 0. The van der Waals surface area contributed by atoms with Crippen LogP contribution in [-0.4, -0.2) is 77.2 Å². The molecule has 0 unspecified atom stereocenters. The van der Waals surface area contributed by atoms with E-state index in [-0.39, 0.29) is 68.2 Å². The van der Waals surface area contributed by atoms with Crippen molar-refractivity contribution in [3.05, 3.63) is 34.9 Å². The van der Waals surface area contributed by atoms with Gasteiger partial charge in [-0.1, -0.05) is 22.9 Å². The highest BCUT2D eigenvalue weighted by Gasteiger charge is 2.45. The fourth-order valence-electron chi connectivity index (χ4n) is 6.66. The number of nitrogen functional groups attached to an aromatic ring is 1. The van der Waals surface area contributed by atoms with E-state index in [1.807, 2.05) is 0 Å². The van der Waals surface area contributed by atoms with Crippen molar-refractivity contribution >= 4 is 55.0 Å². The molecule has 2 aromatic heterocycles. The lowest BCUT2D eigenvalue weighted by atomic mass is 9.95. The van der Waals surface area contributed by atoms with E-state index in [0.717, 1.165) is 50.1 Å². The number of fused-ring (bicyclic) bond motifs is 3. The fraction of sp³-hybridized carbons (Fsp3) is 0.464. The number of halogens is 5. The van der Waals surface area contributed by atoms with Crippen LogP contribution in [-0.2, 0) is 0 Å². The molecule has 3 N–H and O–H groups in total. The SMILES string of the molecule is Nc1nc2c(-c3c(Cl)cc4c(N5CCNCC(F)(F)C5)nc(OCC56CCCN5CCC6)nc4c3F)c(F)ccc2s1. The van der Waals surface area contributed by atoms with Crippen LogP contribution < -0.4 is 20.7 Å². The first-order valence-corrected chi connectivity index (χ1v) is 15.1. The second-order valence-electron chi connectivity index (χ2n) is 11.3. The number of nitrogens with two attached hydrogens (primary N) is 1. The summed E-state index contributed by atoms with van der Waals surface area (Å²) in [6.45, 7) is 1.58. The molecule has 0 radical (unpaired) electrons. The smallest absolute Gasteiger partial charge is 0.319 e. The Kier molecular flexibility index (Phi) is 6.83. The first-order chi connectivity index (χ1) is 20.1. The van der Waals surface area contributed by atoms with Gasteiger partial charge in [0.1, 0.15) is 23.8 Å². The monoisotopic (exact) mass is 621 g/mol. The van der Waals surface area contributed by atoms with Crippen molar-refractivity contribution < 1.29 is 22.3 Å². The normalized spacial score (nSPS) is 20.4. The number of hydrogen-bond donors (Lipinski definition) is 2. The molecule has 222 valence electrons. The summed E-state index contributed by atoms with van der Waals surface area (Å²) in [4.78, 5) is 17.0. The van der Waals surface area contributed by atoms with Crippen molar-refractivity contribution in [2.75, 3.05) is 56.5 Å². The Morgan fingerprint density at radius 1 is 1.05 bits per heavy atom. The van der Waals surface area contributed by atoms with Crippen LogP contribution in [0.3, 0.4) is 0 Å². The third kappa shape index (κ3) is 4.70. The second kappa shape index (κ2) is 10.3. The molecule has 8 nitrogen and oxygen atoms in total. The molecule has 3 saturated heterocycles. The van der Waals surface area contributed by atoms with E-state index in [2.05, 4.69) is 25.2 Å². The van der Waals surface area contributed by atoms with E-state index < -0.39 is 30.6 Å². The van der Waals surface area contributed by atoms with Crippen LogP contribution in [0.15, 0.2) is 18.2 Å². The summed E-state index contributed by atoms with van der Waals surface area (Å²) in [5, 5.41) is 2.91. The molecular weight excluding hydrogens is 594 g/mol. The van der Waals surface area contributed by atoms with E-state index in [0.29, 0.717) is 11.3 Å². The van der Waals surface area contributed by atoms with Crippen molar-refractivity contribution in [1.29, 1.82) is 0 Å². The van der Waals surface area contributed by atoms with E-state index in [1.165, 1.54) is 23.1 Å². The standard InChI is InChI=1S/C28H28ClF4N7OS/c29-16-11-15-22(21(31)19(16)20-17(30)3-4-18-23(20)36-25(34)42-18)37-26(41-14-27-5-1-8-40(27)9-2-6-27)38-24(15)39-10-7-35-12-28(32,33)13-39/h3-4,11,35H,1-2,5-10,12-14H2,(H2,34,36). The summed E-state index contributed by atoms with van der Waals surface area (Å²) in [5.74, 6) is -4.65. The lowest BCUT2D eigenvalue weighted by molar-refractivity contribution is 0.0156. The van der Waals surface area contributed by atoms with Gasteiger partial charge in [-0.05, 0) is 57.0 Å². The number of nitrogens with zero attached hydrogens (tertiary/aromatic N) is 5. The first kappa shape index (κ1) is 27.8. The van der Waals surface area contributed by atoms with E-state index in [9.17, 15) is 8.78 Å². The zero-order valence-corrected chi connectivity index (χ0v) is 24.1. The minimum atomic E-state index is -3.06. The molecule has 14 heteroatoms. The number of ether oxygens (including phenoxy) is 1. The highest BCUT2D eigenvalue weighted by Crippen LogP contribution is 2.44. The van der Waals surface area contributed by atoms with Gasteiger partial charge in [-0.15, -0.1) is 0 Å². The molecule has 0 saturated carbocycles. The quantitative estimate of drug-likeness (QED) is 0.284. The maximum absolute atomic E-state index is 16.6. The number of hydrogen-bond acceptors (Lipinski definition) is 9. The molecule has 5 heterocycles. The average molecular weight is 622 g/mol. The van der Waals surface area contributed by atoms with E-state index >= 15 is 8.78 Å². The molecule has 0 spiro atoms. The zero-order chi connectivity index (χ0) is 29.2. The molecule has 2 aromatic carbocycles. The summed E-state index contributed by atoms with van der Waals surface area (Å²) in [5.41, 5.74) is 5.30. The Morgan fingerprint density at radius 3 is 2.62 bits per heavy atom. The first-order valence-electron chi connectivity index (χ1n) is 13.9. The molecule has 0 atom stereocenters. The van der Waals surface area contributed by atoms with Gasteiger partial charge in [-0.3, -0.25) is 4.90 Å². The molecule has 42 heavy (non-hydrogen) atoms. The van der Waals surface area contributed by atoms with Gasteiger partial charge in [-0.2, -0.15) is 9.97 Å². The molecule has 7 rings (SSSR count). The van der Waals surface area contributed by atoms with Crippen molar-refractivity contribution in [2.45, 2.75) is 37.1 Å². The fourth-order valence-corrected chi connectivity index (χ4v) is 7.69. The Hall–Kier alpha value is -3.00. The number of anilines is 2. The second-order valence-corrected chi connectivity index (χ2v) is 12.7. The van der Waals surface area contributed by atoms with Gasteiger partial charge in [0.15, 0.2) is 10.9 Å². The summed E-state index contributed by atoms with van der Waals surface area (Å²) >= 11 is 7.77. The van der Waals surface area contributed by atoms with Gasteiger partial charge in [0, 0.05) is 29.6 Å². The van der Waals surface area contributed by atoms with E-state index in [1.54, 1.807) is 0 Å². The summed E-state index contributed by atoms with van der Waals surface area (Å²) < 4.78 is 68.0. The molecule has 3 aliphatic rings. The van der Waals surface area contributed by atoms with Crippen LogP contribution in [0.1, 0.15) is 25.7 Å². The Morgan fingerprint density at radius 2 is 1.83 bits per heavy atom. The number of nitrogens with one attached hydrogen (secondary N) is 1. The van der Waals surface area contributed by atoms with Gasteiger partial charge in [0.25, 0.3) is 5.92 Å². The van der Waals surface area contributed by atoms with Crippen molar-refractivity contribution in [3.8, 4) is 17.1 Å². The lowest BCUT2D eigenvalue weighted by Crippen LogP contribution is -2.43. The van der Waals surface area contributed by atoms with Gasteiger partial charge in [0.2, 0.25) is 0 Å². The Labute approximate surface area is 247 Å². The molecule has 0 bridgehead atoms. The van der Waals surface area contributed by atoms with Gasteiger partial charge < -0.3 is 20.7 Å². The maximum atomic E-state index is 16.6. The van der Waals surface area contributed by atoms with Crippen LogP contribution in [0.2, 0.25) is 5.02 Å². The number of aromatic nitrogens is 3. The largest absolute Gasteiger partial charge is 0.461 e. The topological polar surface area (TPSA) is 92.4 Å².